The molecule has 0 aliphatic heterocycles. The molecule has 1 aromatic carbocycles. The van der Waals surface area contributed by atoms with Crippen LogP contribution >= 0.6 is 0 Å². The van der Waals surface area contributed by atoms with E-state index in [0.717, 1.165) is 31.9 Å². The summed E-state index contributed by atoms with van der Waals surface area (Å²) in [5.41, 5.74) is 7.69. The van der Waals surface area contributed by atoms with Crippen molar-refractivity contribution in [3.63, 3.8) is 0 Å². The molecule has 0 aliphatic rings. The number of nitrogens with one attached hydrogen (secondary N) is 2. The lowest BCUT2D eigenvalue weighted by Crippen LogP contribution is -2.26. The van der Waals surface area contributed by atoms with Gasteiger partial charge in [-0.3, -0.25) is 0 Å². The minimum absolute atomic E-state index is 0.821. The van der Waals surface area contributed by atoms with Crippen LogP contribution in [-0.2, 0) is 6.54 Å². The van der Waals surface area contributed by atoms with Gasteiger partial charge in [0.1, 0.15) is 0 Å². The molecule has 0 heterocycles. The number of nitrogen functional groups attached to an aromatic ring is 1. The van der Waals surface area contributed by atoms with Crippen molar-refractivity contribution in [1.29, 1.82) is 0 Å². The fraction of sp³-hybridized carbons (Fsp3) is 0.455. The van der Waals surface area contributed by atoms with Gasteiger partial charge in [0.2, 0.25) is 0 Å². The van der Waals surface area contributed by atoms with E-state index in [4.69, 9.17) is 5.73 Å². The standard InChI is InChI=1S/C11H19N3/c1-2-13-7-8-14-9-10-3-5-11(12)6-4-10/h3-6,13-14H,2,7-9,12H2,1H3. The summed E-state index contributed by atoms with van der Waals surface area (Å²) in [5, 5.41) is 6.61. The Morgan fingerprint density at radius 3 is 2.36 bits per heavy atom. The lowest BCUT2D eigenvalue weighted by molar-refractivity contribution is 0.625. The van der Waals surface area contributed by atoms with Crippen molar-refractivity contribution in [2.75, 3.05) is 25.4 Å². The van der Waals surface area contributed by atoms with Gasteiger partial charge in [0.05, 0.1) is 0 Å². The predicted octanol–water partition coefficient (Wildman–Crippen LogP) is 0.968. The number of rotatable bonds is 6. The number of likely N-dealkylation sites (N-methyl/N-ethyl adjacent to an activating group) is 1. The van der Waals surface area contributed by atoms with Crippen LogP contribution < -0.4 is 16.4 Å². The van der Waals surface area contributed by atoms with Crippen molar-refractivity contribution in [1.82, 2.24) is 10.6 Å². The molecule has 0 aliphatic carbocycles. The number of benzene rings is 1. The van der Waals surface area contributed by atoms with Gasteiger partial charge in [0.25, 0.3) is 0 Å². The van der Waals surface area contributed by atoms with Gasteiger partial charge in [0, 0.05) is 25.3 Å². The molecule has 4 N–H and O–H groups in total. The zero-order valence-electron chi connectivity index (χ0n) is 8.72. The average molecular weight is 193 g/mol. The largest absolute Gasteiger partial charge is 0.399 e. The minimum Gasteiger partial charge on any atom is -0.399 e. The first-order chi connectivity index (χ1) is 6.83. The van der Waals surface area contributed by atoms with E-state index in [2.05, 4.69) is 29.7 Å². The molecule has 0 amide bonds. The molecule has 14 heavy (non-hydrogen) atoms. The number of hydrogen-bond donors (Lipinski definition) is 3. The summed E-state index contributed by atoms with van der Waals surface area (Å²) in [6.07, 6.45) is 0. The first-order valence-corrected chi connectivity index (χ1v) is 5.08. The van der Waals surface area contributed by atoms with Crippen LogP contribution in [0.4, 0.5) is 5.69 Å². The number of hydrogen-bond acceptors (Lipinski definition) is 3. The van der Waals surface area contributed by atoms with Gasteiger partial charge in [0.15, 0.2) is 0 Å². The summed E-state index contributed by atoms with van der Waals surface area (Å²) in [4.78, 5) is 0. The SMILES string of the molecule is CCNCCNCc1ccc(N)cc1. The Labute approximate surface area is 85.7 Å². The van der Waals surface area contributed by atoms with Crippen LogP contribution in [0.25, 0.3) is 0 Å². The molecule has 0 unspecified atom stereocenters. The molecule has 0 radical (unpaired) electrons. The highest BCUT2D eigenvalue weighted by Gasteiger charge is 1.91. The van der Waals surface area contributed by atoms with Crippen LogP contribution in [0.1, 0.15) is 12.5 Å². The minimum atomic E-state index is 0.821. The summed E-state index contributed by atoms with van der Waals surface area (Å²) < 4.78 is 0. The Balaban J connectivity index is 2.15. The van der Waals surface area contributed by atoms with Crippen LogP contribution in [0, 0.1) is 0 Å². The van der Waals surface area contributed by atoms with E-state index in [0.29, 0.717) is 0 Å². The molecule has 0 aromatic heterocycles. The van der Waals surface area contributed by atoms with E-state index in [9.17, 15) is 0 Å². The van der Waals surface area contributed by atoms with E-state index in [1.807, 2.05) is 12.1 Å². The van der Waals surface area contributed by atoms with Crippen molar-refractivity contribution in [3.8, 4) is 0 Å². The third kappa shape index (κ3) is 4.25. The van der Waals surface area contributed by atoms with E-state index in [-0.39, 0.29) is 0 Å². The molecule has 0 fully saturated rings. The number of anilines is 1. The first-order valence-electron chi connectivity index (χ1n) is 5.08. The topological polar surface area (TPSA) is 50.1 Å². The van der Waals surface area contributed by atoms with Crippen molar-refractivity contribution >= 4 is 5.69 Å². The lowest BCUT2D eigenvalue weighted by atomic mass is 10.2. The van der Waals surface area contributed by atoms with Crippen LogP contribution in [-0.4, -0.2) is 19.6 Å². The van der Waals surface area contributed by atoms with Crippen LogP contribution in [0.3, 0.4) is 0 Å². The molecular weight excluding hydrogens is 174 g/mol. The molecular formula is C11H19N3. The number of nitrogens with two attached hydrogens (primary N) is 1. The maximum atomic E-state index is 5.59. The van der Waals surface area contributed by atoms with E-state index in [1.54, 1.807) is 0 Å². The average Bonchev–Trinajstić information content (AvgIpc) is 2.21. The molecule has 3 heteroatoms. The monoisotopic (exact) mass is 193 g/mol. The van der Waals surface area contributed by atoms with Crippen molar-refractivity contribution in [3.05, 3.63) is 29.8 Å². The van der Waals surface area contributed by atoms with E-state index < -0.39 is 0 Å². The Morgan fingerprint density at radius 2 is 1.71 bits per heavy atom. The van der Waals surface area contributed by atoms with Gasteiger partial charge < -0.3 is 16.4 Å². The fourth-order valence-electron chi connectivity index (χ4n) is 1.22. The van der Waals surface area contributed by atoms with Crippen LogP contribution in [0.15, 0.2) is 24.3 Å². The Hall–Kier alpha value is -1.06. The van der Waals surface area contributed by atoms with E-state index in [1.165, 1.54) is 5.56 Å². The van der Waals surface area contributed by atoms with Gasteiger partial charge in [-0.1, -0.05) is 19.1 Å². The first kappa shape index (κ1) is 11.0. The summed E-state index contributed by atoms with van der Waals surface area (Å²) in [5.74, 6) is 0. The highest BCUT2D eigenvalue weighted by molar-refractivity contribution is 5.39. The second-order valence-corrected chi connectivity index (χ2v) is 3.27. The highest BCUT2D eigenvalue weighted by Crippen LogP contribution is 2.04. The predicted molar refractivity (Wildman–Crippen MR) is 61.1 cm³/mol. The van der Waals surface area contributed by atoms with Crippen molar-refractivity contribution < 1.29 is 0 Å². The zero-order valence-corrected chi connectivity index (χ0v) is 8.72. The van der Waals surface area contributed by atoms with Crippen molar-refractivity contribution in [2.45, 2.75) is 13.5 Å². The third-order valence-electron chi connectivity index (χ3n) is 2.04. The van der Waals surface area contributed by atoms with Crippen LogP contribution in [0.5, 0.6) is 0 Å². The summed E-state index contributed by atoms with van der Waals surface area (Å²) in [7, 11) is 0. The van der Waals surface area contributed by atoms with Gasteiger partial charge in [-0.05, 0) is 24.2 Å². The molecule has 0 bridgehead atoms. The summed E-state index contributed by atoms with van der Waals surface area (Å²) in [6.45, 7) is 6.07. The molecule has 1 rings (SSSR count). The molecule has 0 atom stereocenters. The second-order valence-electron chi connectivity index (χ2n) is 3.27. The Morgan fingerprint density at radius 1 is 1.07 bits per heavy atom. The third-order valence-corrected chi connectivity index (χ3v) is 2.04. The molecule has 3 nitrogen and oxygen atoms in total. The van der Waals surface area contributed by atoms with Gasteiger partial charge in [-0.2, -0.15) is 0 Å². The van der Waals surface area contributed by atoms with Gasteiger partial charge in [-0.25, -0.2) is 0 Å². The maximum Gasteiger partial charge on any atom is 0.0314 e. The zero-order chi connectivity index (χ0) is 10.2. The molecule has 1 aromatic rings. The molecule has 0 saturated carbocycles. The molecule has 0 saturated heterocycles. The highest BCUT2D eigenvalue weighted by atomic mass is 14.9. The van der Waals surface area contributed by atoms with Crippen LogP contribution in [0.2, 0.25) is 0 Å². The maximum absolute atomic E-state index is 5.59. The van der Waals surface area contributed by atoms with Crippen molar-refractivity contribution in [2.24, 2.45) is 0 Å². The summed E-state index contributed by atoms with van der Waals surface area (Å²) in [6, 6.07) is 7.97. The quantitative estimate of drug-likeness (QED) is 0.466. The van der Waals surface area contributed by atoms with E-state index >= 15 is 0 Å². The Kier molecular flexibility index (Phi) is 5.04. The normalized spacial score (nSPS) is 10.4. The smallest absolute Gasteiger partial charge is 0.0314 e. The molecule has 78 valence electrons. The Bertz CT molecular complexity index is 243. The molecule has 0 spiro atoms. The van der Waals surface area contributed by atoms with Gasteiger partial charge in [-0.15, -0.1) is 0 Å². The second kappa shape index (κ2) is 6.40. The summed E-state index contributed by atoms with van der Waals surface area (Å²) >= 11 is 0. The van der Waals surface area contributed by atoms with Gasteiger partial charge >= 0.3 is 0 Å². The fourth-order valence-corrected chi connectivity index (χ4v) is 1.22. The lowest BCUT2D eigenvalue weighted by Gasteiger charge is -2.05.